The van der Waals surface area contributed by atoms with Crippen molar-refractivity contribution in [3.8, 4) is 0 Å². The van der Waals surface area contributed by atoms with Gasteiger partial charge < -0.3 is 5.73 Å². The fourth-order valence-corrected chi connectivity index (χ4v) is 1.60. The number of halogens is 2. The molecule has 4 heteroatoms. The first-order valence-electron chi connectivity index (χ1n) is 4.15. The summed E-state index contributed by atoms with van der Waals surface area (Å²) in [4.78, 5) is 4.00. The van der Waals surface area contributed by atoms with Crippen molar-refractivity contribution in [2.24, 2.45) is 11.7 Å². The van der Waals surface area contributed by atoms with Crippen molar-refractivity contribution < 1.29 is 0 Å². The topological polar surface area (TPSA) is 38.9 Å². The van der Waals surface area contributed by atoms with Gasteiger partial charge in [-0.15, -0.1) is 12.4 Å². The van der Waals surface area contributed by atoms with Crippen molar-refractivity contribution in [2.75, 3.05) is 0 Å². The molecule has 1 aliphatic carbocycles. The summed E-state index contributed by atoms with van der Waals surface area (Å²) in [7, 11) is 0. The van der Waals surface area contributed by atoms with Gasteiger partial charge in [0, 0.05) is 17.8 Å². The molecule has 1 fully saturated rings. The Morgan fingerprint density at radius 1 is 1.54 bits per heavy atom. The molecule has 1 aromatic rings. The lowest BCUT2D eigenvalue weighted by molar-refractivity contribution is 0.631. The zero-order valence-electron chi connectivity index (χ0n) is 7.11. The molecule has 1 aliphatic rings. The highest BCUT2D eigenvalue weighted by Gasteiger charge is 2.30. The van der Waals surface area contributed by atoms with Crippen LogP contribution in [0.1, 0.15) is 24.4 Å². The predicted molar refractivity (Wildman–Crippen MR) is 56.1 cm³/mol. The van der Waals surface area contributed by atoms with Crippen molar-refractivity contribution in [1.82, 2.24) is 4.98 Å². The zero-order valence-corrected chi connectivity index (χ0v) is 8.68. The predicted octanol–water partition coefficient (Wildman–Crippen LogP) is 2.57. The van der Waals surface area contributed by atoms with Crippen LogP contribution in [0.15, 0.2) is 18.3 Å². The van der Waals surface area contributed by atoms with Gasteiger partial charge in [-0.1, -0.05) is 17.7 Å². The fraction of sp³-hybridized carbons (Fsp3) is 0.444. The summed E-state index contributed by atoms with van der Waals surface area (Å²) < 4.78 is 0. The molecule has 72 valence electrons. The molecule has 1 aromatic heterocycles. The molecule has 2 rings (SSSR count). The van der Waals surface area contributed by atoms with Crippen LogP contribution < -0.4 is 5.73 Å². The minimum atomic E-state index is 0. The van der Waals surface area contributed by atoms with Gasteiger partial charge in [0.05, 0.1) is 0 Å². The second kappa shape index (κ2) is 4.27. The van der Waals surface area contributed by atoms with E-state index in [9.17, 15) is 0 Å². The van der Waals surface area contributed by atoms with Gasteiger partial charge in [-0.3, -0.25) is 0 Å². The first kappa shape index (κ1) is 10.8. The van der Waals surface area contributed by atoms with Crippen LogP contribution in [0.4, 0.5) is 0 Å². The van der Waals surface area contributed by atoms with Crippen LogP contribution in [0.2, 0.25) is 5.15 Å². The number of hydrogen-bond donors (Lipinski definition) is 1. The van der Waals surface area contributed by atoms with Crippen LogP contribution in [0.5, 0.6) is 0 Å². The van der Waals surface area contributed by atoms with E-state index in [1.807, 2.05) is 12.1 Å². The summed E-state index contributed by atoms with van der Waals surface area (Å²) in [5, 5.41) is 0.553. The van der Waals surface area contributed by atoms with Crippen LogP contribution in [0, 0.1) is 5.92 Å². The molecule has 0 aliphatic heterocycles. The normalized spacial score (nSPS) is 17.7. The molecule has 0 amide bonds. The Balaban J connectivity index is 0.000000845. The molecule has 1 heterocycles. The van der Waals surface area contributed by atoms with E-state index in [1.54, 1.807) is 6.20 Å². The summed E-state index contributed by atoms with van der Waals surface area (Å²) >= 11 is 5.90. The lowest BCUT2D eigenvalue weighted by Crippen LogP contribution is -2.13. The van der Waals surface area contributed by atoms with Crippen LogP contribution >= 0.6 is 24.0 Å². The van der Waals surface area contributed by atoms with Gasteiger partial charge in [0.1, 0.15) is 5.15 Å². The summed E-state index contributed by atoms with van der Waals surface area (Å²) in [6.45, 7) is 0. The van der Waals surface area contributed by atoms with Crippen molar-refractivity contribution in [1.29, 1.82) is 0 Å². The molecular weight excluding hydrogens is 207 g/mol. The lowest BCUT2D eigenvalue weighted by Gasteiger charge is -2.10. The minimum Gasteiger partial charge on any atom is -0.324 e. The lowest BCUT2D eigenvalue weighted by atomic mass is 10.1. The van der Waals surface area contributed by atoms with E-state index in [4.69, 9.17) is 17.3 Å². The molecule has 0 bridgehead atoms. The molecule has 1 unspecified atom stereocenters. The van der Waals surface area contributed by atoms with Crippen LogP contribution in [-0.2, 0) is 0 Å². The molecule has 0 aromatic carbocycles. The number of hydrogen-bond acceptors (Lipinski definition) is 2. The molecular formula is C9H12Cl2N2. The largest absolute Gasteiger partial charge is 0.324 e. The van der Waals surface area contributed by atoms with Crippen molar-refractivity contribution in [3.05, 3.63) is 29.0 Å². The summed E-state index contributed by atoms with van der Waals surface area (Å²) in [5.74, 6) is 0.631. The monoisotopic (exact) mass is 218 g/mol. The van der Waals surface area contributed by atoms with Crippen molar-refractivity contribution in [3.63, 3.8) is 0 Å². The molecule has 1 saturated carbocycles. The Hall–Kier alpha value is -0.310. The second-order valence-corrected chi connectivity index (χ2v) is 3.60. The van der Waals surface area contributed by atoms with Gasteiger partial charge in [-0.05, 0) is 24.8 Å². The van der Waals surface area contributed by atoms with Gasteiger partial charge in [0.25, 0.3) is 0 Å². The van der Waals surface area contributed by atoms with Gasteiger partial charge in [-0.2, -0.15) is 0 Å². The molecule has 0 spiro atoms. The third-order valence-electron chi connectivity index (χ3n) is 2.28. The van der Waals surface area contributed by atoms with E-state index in [0.29, 0.717) is 11.1 Å². The maximum Gasteiger partial charge on any atom is 0.133 e. The standard InChI is InChI=1S/C9H11ClN2.ClH/c10-9-7(2-1-5-12-9)8(11)6-3-4-6;/h1-2,5-6,8H,3-4,11H2;1H. The van der Waals surface area contributed by atoms with Gasteiger partial charge in [0.2, 0.25) is 0 Å². The number of rotatable bonds is 2. The first-order valence-corrected chi connectivity index (χ1v) is 4.53. The maximum atomic E-state index is 5.98. The van der Waals surface area contributed by atoms with Crippen LogP contribution in [0.25, 0.3) is 0 Å². The second-order valence-electron chi connectivity index (χ2n) is 3.25. The zero-order chi connectivity index (χ0) is 8.55. The van der Waals surface area contributed by atoms with E-state index in [0.717, 1.165) is 5.56 Å². The highest BCUT2D eigenvalue weighted by molar-refractivity contribution is 6.30. The smallest absolute Gasteiger partial charge is 0.133 e. The molecule has 0 radical (unpaired) electrons. The fourth-order valence-electron chi connectivity index (χ4n) is 1.36. The Morgan fingerprint density at radius 2 is 2.23 bits per heavy atom. The molecule has 2 N–H and O–H groups in total. The maximum absolute atomic E-state index is 5.98. The van der Waals surface area contributed by atoms with Crippen LogP contribution in [0.3, 0.4) is 0 Å². The van der Waals surface area contributed by atoms with Gasteiger partial charge in [-0.25, -0.2) is 4.98 Å². The highest BCUT2D eigenvalue weighted by Crippen LogP contribution is 2.40. The molecule has 0 saturated heterocycles. The molecule has 13 heavy (non-hydrogen) atoms. The first-order chi connectivity index (χ1) is 5.79. The average molecular weight is 219 g/mol. The average Bonchev–Trinajstić information content (AvgIpc) is 2.86. The van der Waals surface area contributed by atoms with Crippen molar-refractivity contribution >= 4 is 24.0 Å². The quantitative estimate of drug-likeness (QED) is 0.776. The van der Waals surface area contributed by atoms with E-state index in [2.05, 4.69) is 4.98 Å². The Kier molecular flexibility index (Phi) is 3.54. The third kappa shape index (κ3) is 2.33. The molecule has 2 nitrogen and oxygen atoms in total. The number of aromatic nitrogens is 1. The van der Waals surface area contributed by atoms with E-state index in [-0.39, 0.29) is 18.4 Å². The highest BCUT2D eigenvalue weighted by atomic mass is 35.5. The summed E-state index contributed by atoms with van der Waals surface area (Å²) in [6, 6.07) is 3.92. The third-order valence-corrected chi connectivity index (χ3v) is 2.59. The van der Waals surface area contributed by atoms with Crippen molar-refractivity contribution in [2.45, 2.75) is 18.9 Å². The minimum absolute atomic E-state index is 0. The van der Waals surface area contributed by atoms with E-state index < -0.39 is 0 Å². The van der Waals surface area contributed by atoms with Gasteiger partial charge >= 0.3 is 0 Å². The number of nitrogens with two attached hydrogens (primary N) is 1. The summed E-state index contributed by atoms with van der Waals surface area (Å²) in [5.41, 5.74) is 6.96. The number of pyridine rings is 1. The SMILES string of the molecule is Cl.NC(c1cccnc1Cl)C1CC1. The van der Waals surface area contributed by atoms with Crippen LogP contribution in [-0.4, -0.2) is 4.98 Å². The Bertz CT molecular complexity index is 287. The van der Waals surface area contributed by atoms with E-state index >= 15 is 0 Å². The number of nitrogens with zero attached hydrogens (tertiary/aromatic N) is 1. The molecule has 1 atom stereocenters. The summed E-state index contributed by atoms with van der Waals surface area (Å²) in [6.07, 6.45) is 4.14. The van der Waals surface area contributed by atoms with Gasteiger partial charge in [0.15, 0.2) is 0 Å². The van der Waals surface area contributed by atoms with E-state index in [1.165, 1.54) is 12.8 Å². The Labute approximate surface area is 88.9 Å². The Morgan fingerprint density at radius 3 is 2.77 bits per heavy atom.